The summed E-state index contributed by atoms with van der Waals surface area (Å²) in [6.07, 6.45) is 2.88. The zero-order chi connectivity index (χ0) is 20.3. The van der Waals surface area contributed by atoms with Gasteiger partial charge >= 0.3 is 11.9 Å². The first kappa shape index (κ1) is 20.6. The Morgan fingerprint density at radius 2 is 1.93 bits per heavy atom. The van der Waals surface area contributed by atoms with Crippen LogP contribution in [0, 0.1) is 22.7 Å². The fourth-order valence-corrected chi connectivity index (χ4v) is 6.80. The Balaban J connectivity index is 2.12. The van der Waals surface area contributed by atoms with Crippen LogP contribution in [-0.4, -0.2) is 48.6 Å². The van der Waals surface area contributed by atoms with Crippen LogP contribution in [-0.2, 0) is 23.8 Å². The van der Waals surface area contributed by atoms with Crippen LogP contribution in [0.3, 0.4) is 0 Å². The van der Waals surface area contributed by atoms with Crippen molar-refractivity contribution in [2.24, 2.45) is 22.7 Å². The molecule has 0 unspecified atom stereocenters. The first-order valence-corrected chi connectivity index (χ1v) is 10.1. The summed E-state index contributed by atoms with van der Waals surface area (Å²) in [6.45, 7) is 8.08. The molecular formula is C21H34O6. The number of hydrogen-bond acceptors (Lipinski definition) is 6. The summed E-state index contributed by atoms with van der Waals surface area (Å²) in [5.41, 5.74) is -3.68. The Labute approximate surface area is 161 Å². The monoisotopic (exact) mass is 382 g/mol. The zero-order valence-corrected chi connectivity index (χ0v) is 17.5. The van der Waals surface area contributed by atoms with Gasteiger partial charge in [0.1, 0.15) is 11.2 Å². The second-order valence-electron chi connectivity index (χ2n) is 9.65. The number of fused-ring (bicyclic) bond motifs is 3. The third-order valence-electron chi connectivity index (χ3n) is 7.98. The topological polar surface area (TPSA) is 82.1 Å². The van der Waals surface area contributed by atoms with Gasteiger partial charge in [0.2, 0.25) is 0 Å². The molecule has 1 saturated heterocycles. The van der Waals surface area contributed by atoms with E-state index in [1.54, 1.807) is 7.11 Å². The van der Waals surface area contributed by atoms with Gasteiger partial charge in [-0.25, -0.2) is 0 Å². The molecule has 3 rings (SSSR count). The highest BCUT2D eigenvalue weighted by Gasteiger charge is 2.75. The molecule has 1 N–H and O–H groups in total. The van der Waals surface area contributed by atoms with Crippen LogP contribution in [0.1, 0.15) is 66.2 Å². The normalized spacial score (nSPS) is 46.6. The molecule has 0 radical (unpaired) electrons. The second kappa shape index (κ2) is 6.45. The summed E-state index contributed by atoms with van der Waals surface area (Å²) < 4.78 is 16.7. The average Bonchev–Trinajstić information content (AvgIpc) is 2.85. The molecular weight excluding hydrogens is 348 g/mol. The molecule has 3 aliphatic rings. The first-order valence-electron chi connectivity index (χ1n) is 10.1. The predicted octanol–water partition coefficient (Wildman–Crippen LogP) is 2.85. The highest BCUT2D eigenvalue weighted by atomic mass is 16.6. The molecule has 0 amide bonds. The van der Waals surface area contributed by atoms with Crippen molar-refractivity contribution in [2.75, 3.05) is 14.2 Å². The van der Waals surface area contributed by atoms with E-state index in [2.05, 4.69) is 13.8 Å². The fraction of sp³-hybridized carbons (Fsp3) is 0.905. The lowest BCUT2D eigenvalue weighted by Crippen LogP contribution is -2.72. The summed E-state index contributed by atoms with van der Waals surface area (Å²) in [7, 11) is 3.02. The first-order chi connectivity index (χ1) is 12.5. The molecule has 6 atom stereocenters. The quantitative estimate of drug-likeness (QED) is 0.753. The van der Waals surface area contributed by atoms with Crippen LogP contribution >= 0.6 is 0 Å². The highest BCUT2D eigenvalue weighted by Crippen LogP contribution is 2.68. The van der Waals surface area contributed by atoms with Gasteiger partial charge in [0.25, 0.3) is 0 Å². The van der Waals surface area contributed by atoms with Gasteiger partial charge in [-0.1, -0.05) is 20.8 Å². The minimum absolute atomic E-state index is 0.0123. The summed E-state index contributed by atoms with van der Waals surface area (Å²) in [6, 6.07) is 0. The lowest BCUT2D eigenvalue weighted by Gasteiger charge is -2.64. The van der Waals surface area contributed by atoms with E-state index in [0.29, 0.717) is 32.1 Å². The van der Waals surface area contributed by atoms with Crippen LogP contribution in [0.4, 0.5) is 0 Å². The third-order valence-corrected chi connectivity index (χ3v) is 7.98. The molecule has 6 nitrogen and oxygen atoms in total. The zero-order valence-electron chi connectivity index (χ0n) is 17.5. The predicted molar refractivity (Wildman–Crippen MR) is 98.8 cm³/mol. The number of rotatable bonds is 4. The van der Waals surface area contributed by atoms with Crippen LogP contribution in [0.15, 0.2) is 0 Å². The van der Waals surface area contributed by atoms with Gasteiger partial charge in [-0.05, 0) is 50.9 Å². The van der Waals surface area contributed by atoms with Gasteiger partial charge in [-0.15, -0.1) is 0 Å². The summed E-state index contributed by atoms with van der Waals surface area (Å²) >= 11 is 0. The Kier molecular flexibility index (Phi) is 4.92. The van der Waals surface area contributed by atoms with E-state index in [4.69, 9.17) is 14.2 Å². The Morgan fingerprint density at radius 1 is 1.26 bits per heavy atom. The summed E-state index contributed by atoms with van der Waals surface area (Å²) in [4.78, 5) is 25.3. The maximum Gasteiger partial charge on any atom is 0.314 e. The standard InChI is InChI=1S/C21H34O6/c1-13(2)11-20-10-7-14-18(3,21(20,24)12-16(22)27-20)9-8-15(25-5)19(14,4)17(23)26-6/h13-15,24H,7-12H2,1-6H3/t14-,15+,18+,19-,20+,21+/m1/s1. The Hall–Kier alpha value is -1.14. The van der Waals surface area contributed by atoms with Gasteiger partial charge in [0, 0.05) is 12.5 Å². The van der Waals surface area contributed by atoms with Crippen molar-refractivity contribution < 1.29 is 28.9 Å². The van der Waals surface area contributed by atoms with Crippen molar-refractivity contribution in [1.82, 2.24) is 0 Å². The van der Waals surface area contributed by atoms with E-state index < -0.39 is 22.0 Å². The van der Waals surface area contributed by atoms with Crippen molar-refractivity contribution in [3.63, 3.8) is 0 Å². The van der Waals surface area contributed by atoms with Crippen molar-refractivity contribution in [2.45, 2.75) is 83.5 Å². The molecule has 27 heavy (non-hydrogen) atoms. The van der Waals surface area contributed by atoms with E-state index in [1.807, 2.05) is 13.8 Å². The maximum absolute atomic E-state index is 12.9. The number of hydrogen-bond donors (Lipinski definition) is 1. The summed E-state index contributed by atoms with van der Waals surface area (Å²) in [5.74, 6) is -0.523. The average molecular weight is 382 g/mol. The molecule has 0 aromatic rings. The van der Waals surface area contributed by atoms with Gasteiger partial charge in [-0.3, -0.25) is 9.59 Å². The third kappa shape index (κ3) is 2.52. The van der Waals surface area contributed by atoms with E-state index in [9.17, 15) is 14.7 Å². The number of aliphatic hydroxyl groups is 1. The second-order valence-corrected chi connectivity index (χ2v) is 9.65. The number of methoxy groups -OCH3 is 2. The molecule has 0 aromatic heterocycles. The van der Waals surface area contributed by atoms with Crippen molar-refractivity contribution >= 4 is 11.9 Å². The van der Waals surface area contributed by atoms with Crippen molar-refractivity contribution in [3.05, 3.63) is 0 Å². The molecule has 1 aliphatic heterocycles. The molecule has 0 aromatic carbocycles. The van der Waals surface area contributed by atoms with E-state index in [1.165, 1.54) is 7.11 Å². The SMILES string of the molecule is COC(=O)[C@@]1(C)[C@@H](OC)CC[C@@]2(C)[C@H]1CC[C@@]1(CC(C)C)OC(=O)C[C@@]12O. The lowest BCUT2D eigenvalue weighted by atomic mass is 9.42. The number of ether oxygens (including phenoxy) is 3. The minimum atomic E-state index is -1.29. The lowest BCUT2D eigenvalue weighted by molar-refractivity contribution is -0.272. The van der Waals surface area contributed by atoms with Crippen LogP contribution < -0.4 is 0 Å². The smallest absolute Gasteiger partial charge is 0.314 e. The molecule has 154 valence electrons. The molecule has 2 saturated carbocycles. The molecule has 2 aliphatic carbocycles. The molecule has 0 bridgehead atoms. The molecule has 6 heteroatoms. The Bertz CT molecular complexity index is 632. The van der Waals surface area contributed by atoms with Gasteiger partial charge in [0.15, 0.2) is 0 Å². The van der Waals surface area contributed by atoms with Crippen LogP contribution in [0.2, 0.25) is 0 Å². The Morgan fingerprint density at radius 3 is 2.48 bits per heavy atom. The largest absolute Gasteiger partial charge is 0.469 e. The number of esters is 2. The highest BCUT2D eigenvalue weighted by molar-refractivity contribution is 5.79. The number of carbonyl (C=O) groups excluding carboxylic acids is 2. The van der Waals surface area contributed by atoms with E-state index in [-0.39, 0.29) is 36.3 Å². The van der Waals surface area contributed by atoms with Gasteiger partial charge in [-0.2, -0.15) is 0 Å². The van der Waals surface area contributed by atoms with Crippen molar-refractivity contribution in [3.8, 4) is 0 Å². The van der Waals surface area contributed by atoms with E-state index >= 15 is 0 Å². The maximum atomic E-state index is 12.9. The van der Waals surface area contributed by atoms with E-state index in [0.717, 1.165) is 0 Å². The number of carbonyl (C=O) groups is 2. The molecule has 0 spiro atoms. The van der Waals surface area contributed by atoms with Crippen molar-refractivity contribution in [1.29, 1.82) is 0 Å². The van der Waals surface area contributed by atoms with Gasteiger partial charge in [0.05, 0.1) is 25.0 Å². The summed E-state index contributed by atoms with van der Waals surface area (Å²) in [5, 5.41) is 12.0. The molecule has 3 fully saturated rings. The van der Waals surface area contributed by atoms with Gasteiger partial charge < -0.3 is 19.3 Å². The van der Waals surface area contributed by atoms with Crippen LogP contribution in [0.25, 0.3) is 0 Å². The molecule has 1 heterocycles. The van der Waals surface area contributed by atoms with Crippen LogP contribution in [0.5, 0.6) is 0 Å². The fourth-order valence-electron chi connectivity index (χ4n) is 6.80. The minimum Gasteiger partial charge on any atom is -0.469 e.